The highest BCUT2D eigenvalue weighted by atomic mass is 35.5. The van der Waals surface area contributed by atoms with Crippen LogP contribution in [0.3, 0.4) is 0 Å². The fraction of sp³-hybridized carbons (Fsp3) is 0. The summed E-state index contributed by atoms with van der Waals surface area (Å²) in [5.41, 5.74) is -0.0468. The summed E-state index contributed by atoms with van der Waals surface area (Å²) in [4.78, 5) is 10.2. The predicted octanol–water partition coefficient (Wildman–Crippen LogP) is 3.04. The SMILES string of the molecule is O=C(O)c1sccc1S(=O)(=O)Nc1ccc(Cl)c(F)c1. The molecular weight excluding hydrogens is 329 g/mol. The molecule has 0 bridgehead atoms. The number of aromatic carboxylic acids is 1. The van der Waals surface area contributed by atoms with Crippen LogP contribution in [0.15, 0.2) is 34.5 Å². The van der Waals surface area contributed by atoms with Crippen LogP contribution < -0.4 is 4.72 Å². The van der Waals surface area contributed by atoms with Crippen molar-refractivity contribution in [3.63, 3.8) is 0 Å². The van der Waals surface area contributed by atoms with Crippen molar-refractivity contribution in [2.24, 2.45) is 0 Å². The molecule has 9 heteroatoms. The molecule has 2 rings (SSSR count). The normalized spacial score (nSPS) is 11.3. The Hall–Kier alpha value is -1.64. The lowest BCUT2D eigenvalue weighted by atomic mass is 10.3. The van der Waals surface area contributed by atoms with Crippen LogP contribution >= 0.6 is 22.9 Å². The standard InChI is InChI=1S/C11H7ClFNO4S2/c12-7-2-1-6(5-8(7)13)14-20(17,18)9-3-4-19-10(9)11(15)16/h1-5,14H,(H,15,16). The highest BCUT2D eigenvalue weighted by molar-refractivity contribution is 7.93. The molecule has 5 nitrogen and oxygen atoms in total. The van der Waals surface area contributed by atoms with E-state index in [4.69, 9.17) is 16.7 Å². The predicted molar refractivity (Wildman–Crippen MR) is 73.5 cm³/mol. The number of carboxylic acids is 1. The van der Waals surface area contributed by atoms with Gasteiger partial charge in [-0.1, -0.05) is 11.6 Å². The van der Waals surface area contributed by atoms with Gasteiger partial charge in [0.1, 0.15) is 15.6 Å². The van der Waals surface area contributed by atoms with E-state index < -0.39 is 21.8 Å². The second-order valence-corrected chi connectivity index (χ2v) is 6.63. The summed E-state index contributed by atoms with van der Waals surface area (Å²) in [6.07, 6.45) is 0. The van der Waals surface area contributed by atoms with Gasteiger partial charge in [-0.2, -0.15) is 0 Å². The minimum absolute atomic E-state index is 0.0468. The van der Waals surface area contributed by atoms with Gasteiger partial charge >= 0.3 is 5.97 Å². The minimum Gasteiger partial charge on any atom is -0.477 e. The summed E-state index contributed by atoms with van der Waals surface area (Å²) in [6.45, 7) is 0. The molecule has 1 heterocycles. The maximum absolute atomic E-state index is 13.2. The molecule has 0 unspecified atom stereocenters. The molecular formula is C11H7ClFNO4S2. The fourth-order valence-electron chi connectivity index (χ4n) is 1.43. The second kappa shape index (κ2) is 5.39. The highest BCUT2D eigenvalue weighted by Gasteiger charge is 2.24. The summed E-state index contributed by atoms with van der Waals surface area (Å²) in [7, 11) is -4.11. The van der Waals surface area contributed by atoms with Crippen molar-refractivity contribution >= 4 is 44.6 Å². The Morgan fingerprint density at radius 3 is 2.65 bits per heavy atom. The first-order chi connectivity index (χ1) is 9.31. The van der Waals surface area contributed by atoms with E-state index in [2.05, 4.69) is 4.72 Å². The van der Waals surface area contributed by atoms with Crippen LogP contribution in [-0.2, 0) is 10.0 Å². The number of carboxylic acid groups (broad SMARTS) is 1. The molecule has 0 fully saturated rings. The number of hydrogen-bond acceptors (Lipinski definition) is 4. The average Bonchev–Trinajstić information content (AvgIpc) is 2.83. The lowest BCUT2D eigenvalue weighted by Gasteiger charge is -2.08. The topological polar surface area (TPSA) is 83.5 Å². The molecule has 0 aliphatic heterocycles. The fourth-order valence-corrected chi connectivity index (χ4v) is 3.86. The molecule has 0 spiro atoms. The van der Waals surface area contributed by atoms with E-state index in [-0.39, 0.29) is 20.5 Å². The van der Waals surface area contributed by atoms with Crippen LogP contribution in [-0.4, -0.2) is 19.5 Å². The molecule has 1 aromatic carbocycles. The Balaban J connectivity index is 2.38. The van der Waals surface area contributed by atoms with Gasteiger partial charge in [0.25, 0.3) is 10.0 Å². The Bertz CT molecular complexity index is 772. The number of nitrogens with one attached hydrogen (secondary N) is 1. The molecule has 0 atom stereocenters. The zero-order chi connectivity index (χ0) is 14.9. The van der Waals surface area contributed by atoms with Crippen molar-refractivity contribution in [3.8, 4) is 0 Å². The Morgan fingerprint density at radius 1 is 1.35 bits per heavy atom. The van der Waals surface area contributed by atoms with Crippen molar-refractivity contribution < 1.29 is 22.7 Å². The van der Waals surface area contributed by atoms with Crippen LogP contribution in [0.25, 0.3) is 0 Å². The van der Waals surface area contributed by atoms with Crippen LogP contribution in [0, 0.1) is 5.82 Å². The van der Waals surface area contributed by atoms with Gasteiger partial charge in [0.2, 0.25) is 0 Å². The van der Waals surface area contributed by atoms with Gasteiger partial charge in [-0.15, -0.1) is 11.3 Å². The first-order valence-corrected chi connectivity index (χ1v) is 7.84. The number of carbonyl (C=O) groups is 1. The Morgan fingerprint density at radius 2 is 2.05 bits per heavy atom. The Labute approximate surface area is 122 Å². The third kappa shape index (κ3) is 2.92. The third-order valence-electron chi connectivity index (χ3n) is 2.28. The number of sulfonamides is 1. The quantitative estimate of drug-likeness (QED) is 0.899. The van der Waals surface area contributed by atoms with Crippen molar-refractivity contribution in [3.05, 3.63) is 45.4 Å². The number of rotatable bonds is 4. The minimum atomic E-state index is -4.11. The first-order valence-electron chi connectivity index (χ1n) is 5.10. The number of benzene rings is 1. The maximum atomic E-state index is 13.2. The van der Waals surface area contributed by atoms with Crippen molar-refractivity contribution in [2.75, 3.05) is 4.72 Å². The van der Waals surface area contributed by atoms with Crippen LogP contribution in [0.2, 0.25) is 5.02 Å². The first kappa shape index (κ1) is 14.8. The molecule has 2 N–H and O–H groups in total. The van der Waals surface area contributed by atoms with Gasteiger partial charge in [-0.05, 0) is 29.6 Å². The molecule has 2 aromatic rings. The molecule has 0 amide bonds. The molecule has 20 heavy (non-hydrogen) atoms. The number of halogens is 2. The van der Waals surface area contributed by atoms with Crippen molar-refractivity contribution in [1.82, 2.24) is 0 Å². The monoisotopic (exact) mass is 335 g/mol. The van der Waals surface area contributed by atoms with Crippen LogP contribution in [0.4, 0.5) is 10.1 Å². The zero-order valence-electron chi connectivity index (χ0n) is 9.63. The van der Waals surface area contributed by atoms with Crippen molar-refractivity contribution in [1.29, 1.82) is 0 Å². The van der Waals surface area contributed by atoms with E-state index in [9.17, 15) is 17.6 Å². The molecule has 0 aliphatic carbocycles. The largest absolute Gasteiger partial charge is 0.477 e. The van der Waals surface area contributed by atoms with Gasteiger partial charge in [0.15, 0.2) is 0 Å². The van der Waals surface area contributed by atoms with E-state index in [1.54, 1.807) is 0 Å². The molecule has 0 aliphatic rings. The lowest BCUT2D eigenvalue weighted by molar-refractivity contribution is 0.0698. The Kier molecular flexibility index (Phi) is 3.98. The van der Waals surface area contributed by atoms with E-state index in [0.29, 0.717) is 0 Å². The lowest BCUT2D eigenvalue weighted by Crippen LogP contribution is -2.15. The van der Waals surface area contributed by atoms with Gasteiger partial charge in [-0.25, -0.2) is 17.6 Å². The molecule has 0 saturated carbocycles. The molecule has 0 saturated heterocycles. The van der Waals surface area contributed by atoms with Crippen LogP contribution in [0.5, 0.6) is 0 Å². The molecule has 0 radical (unpaired) electrons. The summed E-state index contributed by atoms with van der Waals surface area (Å²) >= 11 is 6.28. The summed E-state index contributed by atoms with van der Waals surface area (Å²) in [6, 6.07) is 4.55. The van der Waals surface area contributed by atoms with E-state index in [1.165, 1.54) is 23.6 Å². The number of thiophene rings is 1. The average molecular weight is 336 g/mol. The van der Waals surface area contributed by atoms with Crippen molar-refractivity contribution in [2.45, 2.75) is 4.90 Å². The van der Waals surface area contributed by atoms with Gasteiger partial charge in [-0.3, -0.25) is 4.72 Å². The van der Waals surface area contributed by atoms with Gasteiger partial charge in [0.05, 0.1) is 10.7 Å². The van der Waals surface area contributed by atoms with E-state index in [1.807, 2.05) is 0 Å². The summed E-state index contributed by atoms with van der Waals surface area (Å²) < 4.78 is 39.5. The molecule has 106 valence electrons. The highest BCUT2D eigenvalue weighted by Crippen LogP contribution is 2.25. The molecule has 1 aromatic heterocycles. The summed E-state index contributed by atoms with van der Waals surface area (Å²) in [5, 5.41) is 10.1. The van der Waals surface area contributed by atoms with Gasteiger partial charge in [0, 0.05) is 0 Å². The smallest absolute Gasteiger partial charge is 0.347 e. The zero-order valence-corrected chi connectivity index (χ0v) is 12.0. The summed E-state index contributed by atoms with van der Waals surface area (Å²) in [5.74, 6) is -2.13. The van der Waals surface area contributed by atoms with Crippen LogP contribution in [0.1, 0.15) is 9.67 Å². The number of hydrogen-bond donors (Lipinski definition) is 2. The second-order valence-electron chi connectivity index (χ2n) is 3.65. The third-order valence-corrected chi connectivity index (χ3v) is 5.05. The maximum Gasteiger partial charge on any atom is 0.347 e. The van der Waals surface area contributed by atoms with Gasteiger partial charge < -0.3 is 5.11 Å². The number of anilines is 1. The van der Waals surface area contributed by atoms with E-state index in [0.717, 1.165) is 17.4 Å². The van der Waals surface area contributed by atoms with E-state index >= 15 is 0 Å².